The number of aromatic nitrogens is 3. The number of aromatic carboxylic acids is 1. The van der Waals surface area contributed by atoms with Gasteiger partial charge in [0.1, 0.15) is 24.0 Å². The van der Waals surface area contributed by atoms with E-state index < -0.39 is 5.97 Å². The summed E-state index contributed by atoms with van der Waals surface area (Å²) in [6, 6.07) is 5.37. The van der Waals surface area contributed by atoms with Gasteiger partial charge in [-0.2, -0.15) is 5.10 Å². The van der Waals surface area contributed by atoms with Crippen LogP contribution in [0.15, 0.2) is 30.9 Å². The third kappa shape index (κ3) is 4.55. The van der Waals surface area contributed by atoms with Crippen molar-refractivity contribution < 1.29 is 14.6 Å². The molecule has 0 aliphatic carbocycles. The zero-order valence-electron chi connectivity index (χ0n) is 14.3. The average molecular weight is 345 g/mol. The predicted octanol–water partition coefficient (Wildman–Crippen LogP) is 0.803. The second-order valence-corrected chi connectivity index (χ2v) is 6.12. The van der Waals surface area contributed by atoms with E-state index >= 15 is 0 Å². The van der Waals surface area contributed by atoms with Crippen LogP contribution >= 0.6 is 0 Å². The molecule has 1 fully saturated rings. The molecule has 1 aliphatic heterocycles. The van der Waals surface area contributed by atoms with Gasteiger partial charge >= 0.3 is 5.97 Å². The Morgan fingerprint density at radius 1 is 1.20 bits per heavy atom. The molecular weight excluding hydrogens is 322 g/mol. The van der Waals surface area contributed by atoms with Crippen LogP contribution < -0.4 is 4.74 Å². The van der Waals surface area contributed by atoms with Crippen LogP contribution in [0.1, 0.15) is 15.9 Å². The van der Waals surface area contributed by atoms with Crippen molar-refractivity contribution in [2.75, 3.05) is 39.8 Å². The third-order valence-corrected chi connectivity index (χ3v) is 4.48. The van der Waals surface area contributed by atoms with Crippen molar-refractivity contribution in [3.05, 3.63) is 42.0 Å². The Morgan fingerprint density at radius 3 is 2.60 bits per heavy atom. The number of methoxy groups -OCH3 is 1. The summed E-state index contributed by atoms with van der Waals surface area (Å²) in [6.45, 7) is 6.48. The van der Waals surface area contributed by atoms with Crippen molar-refractivity contribution in [3.63, 3.8) is 0 Å². The lowest BCUT2D eigenvalue weighted by Crippen LogP contribution is -2.46. The molecular formula is C17H23N5O3. The molecule has 1 saturated heterocycles. The summed E-state index contributed by atoms with van der Waals surface area (Å²) in [5.74, 6) is -0.564. The number of carboxylic acids is 1. The molecule has 0 saturated carbocycles. The number of rotatable bonds is 7. The van der Waals surface area contributed by atoms with E-state index in [9.17, 15) is 9.90 Å². The maximum Gasteiger partial charge on any atom is 0.339 e. The first-order valence-electron chi connectivity index (χ1n) is 8.33. The van der Waals surface area contributed by atoms with Crippen LogP contribution in [0.4, 0.5) is 0 Å². The minimum Gasteiger partial charge on any atom is -0.496 e. The van der Waals surface area contributed by atoms with Gasteiger partial charge in [0, 0.05) is 39.3 Å². The van der Waals surface area contributed by atoms with Gasteiger partial charge in [0.2, 0.25) is 0 Å². The Hall–Kier alpha value is -2.45. The molecule has 8 heteroatoms. The fraction of sp³-hybridized carbons (Fsp3) is 0.471. The lowest BCUT2D eigenvalue weighted by Gasteiger charge is -2.34. The Kier molecular flexibility index (Phi) is 5.62. The number of nitrogens with zero attached hydrogens (tertiary/aromatic N) is 5. The number of hydrogen-bond donors (Lipinski definition) is 1. The predicted molar refractivity (Wildman–Crippen MR) is 91.7 cm³/mol. The summed E-state index contributed by atoms with van der Waals surface area (Å²) in [7, 11) is 1.49. The number of carboxylic acid groups (broad SMARTS) is 1. The summed E-state index contributed by atoms with van der Waals surface area (Å²) < 4.78 is 6.95. The summed E-state index contributed by atoms with van der Waals surface area (Å²) >= 11 is 0. The molecule has 25 heavy (non-hydrogen) atoms. The van der Waals surface area contributed by atoms with E-state index in [2.05, 4.69) is 19.9 Å². The van der Waals surface area contributed by atoms with Gasteiger partial charge in [-0.15, -0.1) is 0 Å². The zero-order chi connectivity index (χ0) is 17.6. The van der Waals surface area contributed by atoms with E-state index in [0.717, 1.165) is 51.4 Å². The quantitative estimate of drug-likeness (QED) is 0.795. The molecule has 0 atom stereocenters. The maximum atomic E-state index is 11.3. The average Bonchev–Trinajstić information content (AvgIpc) is 3.14. The lowest BCUT2D eigenvalue weighted by atomic mass is 10.1. The second-order valence-electron chi connectivity index (χ2n) is 6.12. The Labute approximate surface area is 146 Å². The molecule has 1 aromatic heterocycles. The Morgan fingerprint density at radius 2 is 1.96 bits per heavy atom. The highest BCUT2D eigenvalue weighted by Crippen LogP contribution is 2.21. The highest BCUT2D eigenvalue weighted by Gasteiger charge is 2.18. The third-order valence-electron chi connectivity index (χ3n) is 4.48. The molecule has 0 spiro atoms. The van der Waals surface area contributed by atoms with Crippen molar-refractivity contribution in [1.82, 2.24) is 24.6 Å². The number of hydrogen-bond acceptors (Lipinski definition) is 6. The fourth-order valence-corrected chi connectivity index (χ4v) is 3.04. The lowest BCUT2D eigenvalue weighted by molar-refractivity contribution is 0.0693. The van der Waals surface area contributed by atoms with Crippen molar-refractivity contribution in [3.8, 4) is 5.75 Å². The fourth-order valence-electron chi connectivity index (χ4n) is 3.04. The molecule has 0 radical (unpaired) electrons. The smallest absolute Gasteiger partial charge is 0.339 e. The molecule has 134 valence electrons. The van der Waals surface area contributed by atoms with Gasteiger partial charge < -0.3 is 9.84 Å². The SMILES string of the molecule is COc1ccc(CN2CCN(CCn3cncn3)CC2)cc1C(=O)O. The minimum atomic E-state index is -0.961. The van der Waals surface area contributed by atoms with Gasteiger partial charge in [0.05, 0.1) is 13.7 Å². The van der Waals surface area contributed by atoms with Gasteiger partial charge in [-0.05, 0) is 17.7 Å². The highest BCUT2D eigenvalue weighted by atomic mass is 16.5. The molecule has 8 nitrogen and oxygen atoms in total. The first kappa shape index (κ1) is 17.4. The number of ether oxygens (including phenoxy) is 1. The van der Waals surface area contributed by atoms with E-state index in [1.54, 1.807) is 24.8 Å². The summed E-state index contributed by atoms with van der Waals surface area (Å²) in [6.07, 6.45) is 3.29. The first-order valence-corrected chi connectivity index (χ1v) is 8.33. The molecule has 2 aromatic rings. The van der Waals surface area contributed by atoms with Crippen molar-refractivity contribution in [2.45, 2.75) is 13.1 Å². The van der Waals surface area contributed by atoms with Crippen molar-refractivity contribution in [1.29, 1.82) is 0 Å². The van der Waals surface area contributed by atoms with E-state index in [4.69, 9.17) is 4.74 Å². The van der Waals surface area contributed by atoms with Crippen LogP contribution in [0, 0.1) is 0 Å². The number of carbonyl (C=O) groups is 1. The summed E-state index contributed by atoms with van der Waals surface area (Å²) in [5, 5.41) is 13.4. The van der Waals surface area contributed by atoms with Crippen LogP contribution in [0.2, 0.25) is 0 Å². The molecule has 3 rings (SSSR count). The van der Waals surface area contributed by atoms with Crippen LogP contribution in [-0.4, -0.2) is 75.5 Å². The molecule has 1 aromatic carbocycles. The van der Waals surface area contributed by atoms with Crippen LogP contribution in [0.3, 0.4) is 0 Å². The number of piperazine rings is 1. The van der Waals surface area contributed by atoms with E-state index in [1.807, 2.05) is 10.7 Å². The molecule has 2 heterocycles. The number of benzene rings is 1. The highest BCUT2D eigenvalue weighted by molar-refractivity contribution is 5.91. The van der Waals surface area contributed by atoms with E-state index in [0.29, 0.717) is 5.75 Å². The van der Waals surface area contributed by atoms with Crippen LogP contribution in [-0.2, 0) is 13.1 Å². The van der Waals surface area contributed by atoms with Gasteiger partial charge in [0.25, 0.3) is 0 Å². The van der Waals surface area contributed by atoms with Crippen molar-refractivity contribution in [2.24, 2.45) is 0 Å². The van der Waals surface area contributed by atoms with Gasteiger partial charge in [-0.25, -0.2) is 9.78 Å². The van der Waals surface area contributed by atoms with Crippen LogP contribution in [0.5, 0.6) is 5.75 Å². The van der Waals surface area contributed by atoms with Crippen LogP contribution in [0.25, 0.3) is 0 Å². The summed E-state index contributed by atoms with van der Waals surface area (Å²) in [5.41, 5.74) is 1.21. The van der Waals surface area contributed by atoms with Gasteiger partial charge in [-0.1, -0.05) is 6.07 Å². The second kappa shape index (κ2) is 8.09. The molecule has 0 amide bonds. The van der Waals surface area contributed by atoms with E-state index in [-0.39, 0.29) is 5.56 Å². The zero-order valence-corrected chi connectivity index (χ0v) is 14.3. The normalized spacial score (nSPS) is 16.0. The standard InChI is InChI=1S/C17H23N5O3/c1-25-16-3-2-14(10-15(16)17(23)24)11-21-6-4-20(5-7-21)8-9-22-13-18-12-19-22/h2-3,10,12-13H,4-9,11H2,1H3,(H,23,24). The topological polar surface area (TPSA) is 83.7 Å². The molecule has 1 aliphatic rings. The Bertz CT molecular complexity index is 696. The van der Waals surface area contributed by atoms with E-state index in [1.165, 1.54) is 7.11 Å². The maximum absolute atomic E-state index is 11.3. The Balaban J connectivity index is 1.50. The minimum absolute atomic E-state index is 0.214. The largest absolute Gasteiger partial charge is 0.496 e. The monoisotopic (exact) mass is 345 g/mol. The molecule has 1 N–H and O–H groups in total. The van der Waals surface area contributed by atoms with Crippen molar-refractivity contribution >= 4 is 5.97 Å². The summed E-state index contributed by atoms with van der Waals surface area (Å²) in [4.78, 5) is 20.0. The van der Waals surface area contributed by atoms with Gasteiger partial charge in [0.15, 0.2) is 0 Å². The van der Waals surface area contributed by atoms with Gasteiger partial charge in [-0.3, -0.25) is 14.5 Å². The molecule has 0 unspecified atom stereocenters. The molecule has 0 bridgehead atoms. The first-order chi connectivity index (χ1) is 12.2.